The van der Waals surface area contributed by atoms with Gasteiger partial charge in [-0.05, 0) is 76.9 Å². The quantitative estimate of drug-likeness (QED) is 0.488. The molecule has 0 aliphatic heterocycles. The number of hydrogen-bond acceptors (Lipinski definition) is 1. The molecule has 0 radical (unpaired) electrons. The fraction of sp³-hybridized carbons (Fsp3) is 0.182. The topological polar surface area (TPSA) is 17.1 Å². The molecule has 2 heteroatoms. The Morgan fingerprint density at radius 3 is 2.33 bits per heavy atom. The first-order valence-corrected chi connectivity index (χ1v) is 9.77. The predicted octanol–water partition coefficient (Wildman–Crippen LogP) is 5.28. The fourth-order valence-electron chi connectivity index (χ4n) is 3.73. The summed E-state index contributed by atoms with van der Waals surface area (Å²) >= 11 is 0. The summed E-state index contributed by atoms with van der Waals surface area (Å²) in [7, 11) is -0.935. The van der Waals surface area contributed by atoms with Gasteiger partial charge in [0.15, 0.2) is 0 Å². The summed E-state index contributed by atoms with van der Waals surface area (Å²) in [5.74, 6) is 0. The molecule has 1 atom stereocenters. The second-order valence-electron chi connectivity index (χ2n) is 6.53. The van der Waals surface area contributed by atoms with Gasteiger partial charge in [0.05, 0.1) is 0 Å². The van der Waals surface area contributed by atoms with Gasteiger partial charge >= 0.3 is 0 Å². The van der Waals surface area contributed by atoms with Crippen LogP contribution in [0, 0.1) is 13.8 Å². The van der Waals surface area contributed by atoms with Gasteiger partial charge in [-0.2, -0.15) is 0 Å². The van der Waals surface area contributed by atoms with E-state index in [1.807, 2.05) is 12.1 Å². The van der Waals surface area contributed by atoms with Crippen LogP contribution in [-0.2, 0) is 17.2 Å². The predicted molar refractivity (Wildman–Crippen MR) is 102 cm³/mol. The summed E-state index contributed by atoms with van der Waals surface area (Å²) in [5.41, 5.74) is 10.8. The Morgan fingerprint density at radius 1 is 0.917 bits per heavy atom. The first-order chi connectivity index (χ1) is 11.6. The highest BCUT2D eigenvalue weighted by atomic mass is 32.2. The average Bonchev–Trinajstić information content (AvgIpc) is 2.94. The molecule has 1 aliphatic rings. The van der Waals surface area contributed by atoms with Crippen LogP contribution in [0.5, 0.6) is 0 Å². The minimum atomic E-state index is -0.935. The number of hydrogen-bond donors (Lipinski definition) is 0. The SMILES string of the molecule is Cc1cc2c(c(-c3ccc(S(C)=O)cc3)c1C)Cc1ccccc1-2. The number of rotatable bonds is 2. The smallest absolute Gasteiger partial charge is 0.0498 e. The zero-order valence-electron chi connectivity index (χ0n) is 14.2. The second kappa shape index (κ2) is 5.71. The molecule has 0 bridgehead atoms. The molecule has 1 unspecified atom stereocenters. The highest BCUT2D eigenvalue weighted by Gasteiger charge is 2.23. The van der Waals surface area contributed by atoms with Crippen LogP contribution in [0.15, 0.2) is 59.5 Å². The van der Waals surface area contributed by atoms with E-state index in [9.17, 15) is 4.21 Å². The Balaban J connectivity index is 1.94. The number of fused-ring (bicyclic) bond motifs is 3. The molecule has 0 saturated heterocycles. The van der Waals surface area contributed by atoms with Crippen molar-refractivity contribution >= 4 is 10.8 Å². The summed E-state index contributed by atoms with van der Waals surface area (Å²) in [6, 6.07) is 19.2. The lowest BCUT2D eigenvalue weighted by Gasteiger charge is -2.16. The first kappa shape index (κ1) is 15.3. The van der Waals surface area contributed by atoms with Crippen LogP contribution in [0.25, 0.3) is 22.3 Å². The first-order valence-electron chi connectivity index (χ1n) is 8.21. The van der Waals surface area contributed by atoms with Crippen molar-refractivity contribution in [3.05, 3.63) is 76.9 Å². The molecule has 1 aliphatic carbocycles. The Kier molecular flexibility index (Phi) is 3.65. The molecule has 1 nitrogen and oxygen atoms in total. The van der Waals surface area contributed by atoms with Crippen molar-refractivity contribution < 1.29 is 4.21 Å². The molecule has 120 valence electrons. The van der Waals surface area contributed by atoms with E-state index in [-0.39, 0.29) is 0 Å². The van der Waals surface area contributed by atoms with Gasteiger partial charge in [0.1, 0.15) is 0 Å². The fourth-order valence-corrected chi connectivity index (χ4v) is 4.24. The van der Waals surface area contributed by atoms with Gasteiger partial charge < -0.3 is 0 Å². The normalized spacial score (nSPS) is 13.5. The van der Waals surface area contributed by atoms with E-state index < -0.39 is 10.8 Å². The lowest BCUT2D eigenvalue weighted by atomic mass is 9.89. The van der Waals surface area contributed by atoms with Gasteiger partial charge in [-0.25, -0.2) is 0 Å². The van der Waals surface area contributed by atoms with Crippen molar-refractivity contribution in [2.24, 2.45) is 0 Å². The van der Waals surface area contributed by atoms with Gasteiger partial charge in [0.2, 0.25) is 0 Å². The maximum Gasteiger partial charge on any atom is 0.0498 e. The van der Waals surface area contributed by atoms with Crippen LogP contribution in [-0.4, -0.2) is 10.5 Å². The third kappa shape index (κ3) is 2.33. The third-order valence-electron chi connectivity index (χ3n) is 5.10. The van der Waals surface area contributed by atoms with Gasteiger partial charge in [-0.1, -0.05) is 42.5 Å². The third-order valence-corrected chi connectivity index (χ3v) is 6.04. The van der Waals surface area contributed by atoms with E-state index in [4.69, 9.17) is 0 Å². The van der Waals surface area contributed by atoms with E-state index in [1.54, 1.807) is 6.26 Å². The monoisotopic (exact) mass is 332 g/mol. The minimum absolute atomic E-state index is 0.879. The van der Waals surface area contributed by atoms with Crippen molar-refractivity contribution in [2.75, 3.05) is 6.26 Å². The van der Waals surface area contributed by atoms with Crippen LogP contribution in [0.1, 0.15) is 22.3 Å². The van der Waals surface area contributed by atoms with E-state index in [2.05, 4.69) is 56.3 Å². The van der Waals surface area contributed by atoms with Crippen LogP contribution in [0.4, 0.5) is 0 Å². The summed E-state index contributed by atoms with van der Waals surface area (Å²) < 4.78 is 11.7. The molecule has 0 amide bonds. The van der Waals surface area contributed by atoms with Crippen molar-refractivity contribution in [3.8, 4) is 22.3 Å². The standard InChI is InChI=1S/C22H20OS/c1-14-12-20-19-7-5-4-6-17(19)13-21(20)22(15(14)2)16-8-10-18(11-9-16)24(3)23/h4-12H,13H2,1-3H3. The molecule has 0 spiro atoms. The lowest BCUT2D eigenvalue weighted by molar-refractivity contribution is 0.687. The van der Waals surface area contributed by atoms with Gasteiger partial charge in [0, 0.05) is 22.0 Å². The molecule has 0 heterocycles. The molecule has 3 aromatic carbocycles. The van der Waals surface area contributed by atoms with E-state index in [1.165, 1.54) is 44.5 Å². The maximum absolute atomic E-state index is 11.7. The van der Waals surface area contributed by atoms with Crippen LogP contribution < -0.4 is 0 Å². The molecule has 4 rings (SSSR count). The van der Waals surface area contributed by atoms with Gasteiger partial charge in [0.25, 0.3) is 0 Å². The average molecular weight is 332 g/mol. The highest BCUT2D eigenvalue weighted by molar-refractivity contribution is 7.84. The van der Waals surface area contributed by atoms with E-state index in [0.717, 1.165) is 11.3 Å². The molecule has 0 fully saturated rings. The van der Waals surface area contributed by atoms with Gasteiger partial charge in [-0.15, -0.1) is 0 Å². The lowest BCUT2D eigenvalue weighted by Crippen LogP contribution is -1.96. The Bertz CT molecular complexity index is 968. The summed E-state index contributed by atoms with van der Waals surface area (Å²) in [4.78, 5) is 0.879. The van der Waals surface area contributed by atoms with Crippen molar-refractivity contribution in [2.45, 2.75) is 25.2 Å². The molecule has 24 heavy (non-hydrogen) atoms. The zero-order valence-corrected chi connectivity index (χ0v) is 15.0. The molecule has 0 saturated carbocycles. The molecular weight excluding hydrogens is 312 g/mol. The van der Waals surface area contributed by atoms with E-state index >= 15 is 0 Å². The zero-order chi connectivity index (χ0) is 16.8. The number of benzene rings is 3. The summed E-state index contributed by atoms with van der Waals surface area (Å²) in [6.45, 7) is 4.40. The molecular formula is C22H20OS. The molecule has 0 N–H and O–H groups in total. The Labute approximate surface area is 145 Å². The van der Waals surface area contributed by atoms with Crippen LogP contribution in [0.2, 0.25) is 0 Å². The van der Waals surface area contributed by atoms with Crippen molar-refractivity contribution in [3.63, 3.8) is 0 Å². The van der Waals surface area contributed by atoms with E-state index in [0.29, 0.717) is 0 Å². The van der Waals surface area contributed by atoms with Gasteiger partial charge in [-0.3, -0.25) is 4.21 Å². The molecule has 0 aromatic heterocycles. The highest BCUT2D eigenvalue weighted by Crippen LogP contribution is 2.44. The maximum atomic E-state index is 11.7. The van der Waals surface area contributed by atoms with Crippen LogP contribution >= 0.6 is 0 Å². The Hall–Kier alpha value is -2.19. The Morgan fingerprint density at radius 2 is 1.62 bits per heavy atom. The minimum Gasteiger partial charge on any atom is -0.255 e. The largest absolute Gasteiger partial charge is 0.255 e. The van der Waals surface area contributed by atoms with Crippen LogP contribution in [0.3, 0.4) is 0 Å². The summed E-state index contributed by atoms with van der Waals surface area (Å²) in [5, 5.41) is 0. The summed E-state index contributed by atoms with van der Waals surface area (Å²) in [6.07, 6.45) is 2.71. The molecule has 3 aromatic rings. The van der Waals surface area contributed by atoms with Crippen molar-refractivity contribution in [1.29, 1.82) is 0 Å². The number of aryl methyl sites for hydroxylation is 1. The van der Waals surface area contributed by atoms with Crippen molar-refractivity contribution in [1.82, 2.24) is 0 Å². The second-order valence-corrected chi connectivity index (χ2v) is 7.91.